The van der Waals surface area contributed by atoms with Gasteiger partial charge in [-0.15, -0.1) is 0 Å². The Balaban J connectivity index is 3.36. The lowest BCUT2D eigenvalue weighted by atomic mass is 10.2. The third kappa shape index (κ3) is 15.4. The molecule has 0 aromatic heterocycles. The van der Waals surface area contributed by atoms with Crippen molar-refractivity contribution in [1.29, 1.82) is 0 Å². The van der Waals surface area contributed by atoms with Gasteiger partial charge in [-0.1, -0.05) is 44.1 Å². The molecule has 0 aliphatic carbocycles. The van der Waals surface area contributed by atoms with E-state index in [0.29, 0.717) is 6.42 Å². The number of rotatable bonds is 10. The number of hydrogen-bond acceptors (Lipinski definition) is 3. The molecule has 1 N–H and O–H groups in total. The second kappa shape index (κ2) is 10.5. The summed E-state index contributed by atoms with van der Waals surface area (Å²) in [5.74, 6) is 0. The first-order valence-corrected chi connectivity index (χ1v) is 7.34. The molecule has 100 valence electrons. The van der Waals surface area contributed by atoms with Gasteiger partial charge in [-0.3, -0.25) is 4.55 Å². The molecule has 0 aromatic rings. The van der Waals surface area contributed by atoms with Gasteiger partial charge in [0.1, 0.15) is 0 Å². The van der Waals surface area contributed by atoms with Crippen molar-refractivity contribution < 1.29 is 17.2 Å². The fraction of sp³-hybridized carbons (Fsp3) is 0.667. The molecular weight excluding hydrogens is 240 g/mol. The van der Waals surface area contributed by atoms with Crippen LogP contribution in [-0.2, 0) is 14.6 Å². The zero-order chi connectivity index (χ0) is 13.0. The molecule has 0 saturated heterocycles. The molecule has 0 bridgehead atoms. The molecular formula is C12H22O4S. The van der Waals surface area contributed by atoms with E-state index in [9.17, 15) is 8.42 Å². The molecule has 0 fully saturated rings. The second-order valence-electron chi connectivity index (χ2n) is 3.71. The lowest BCUT2D eigenvalue weighted by Gasteiger charge is -1.94. The van der Waals surface area contributed by atoms with Crippen LogP contribution in [0.2, 0.25) is 0 Å². The van der Waals surface area contributed by atoms with Crippen molar-refractivity contribution in [1.82, 2.24) is 0 Å². The molecule has 0 amide bonds. The quantitative estimate of drug-likeness (QED) is 0.373. The first-order valence-electron chi connectivity index (χ1n) is 5.98. The van der Waals surface area contributed by atoms with Crippen LogP contribution in [0.1, 0.15) is 45.4 Å². The Hall–Kier alpha value is -0.650. The molecule has 0 atom stereocenters. The highest BCUT2D eigenvalue weighted by atomic mass is 32.3. The van der Waals surface area contributed by atoms with E-state index in [1.54, 1.807) is 0 Å². The fourth-order valence-electron chi connectivity index (χ4n) is 1.24. The van der Waals surface area contributed by atoms with Gasteiger partial charge in [0, 0.05) is 0 Å². The molecule has 0 radical (unpaired) electrons. The molecule has 0 rings (SSSR count). The summed E-state index contributed by atoms with van der Waals surface area (Å²) in [4.78, 5) is 0. The third-order valence-corrected chi connectivity index (χ3v) is 2.56. The van der Waals surface area contributed by atoms with E-state index in [4.69, 9.17) is 4.55 Å². The number of allylic oxidation sites excluding steroid dienone is 3. The van der Waals surface area contributed by atoms with Gasteiger partial charge in [-0.25, -0.2) is 4.18 Å². The summed E-state index contributed by atoms with van der Waals surface area (Å²) in [5, 5.41) is 0. The normalized spacial score (nSPS) is 12.8. The maximum atomic E-state index is 10.2. The lowest BCUT2D eigenvalue weighted by molar-refractivity contribution is 0.273. The molecule has 0 spiro atoms. The number of hydrogen-bond donors (Lipinski definition) is 1. The van der Waals surface area contributed by atoms with Crippen molar-refractivity contribution in [2.45, 2.75) is 45.4 Å². The van der Waals surface area contributed by atoms with Gasteiger partial charge in [0.25, 0.3) is 0 Å². The summed E-state index contributed by atoms with van der Waals surface area (Å²) < 4.78 is 32.8. The van der Waals surface area contributed by atoms with E-state index in [1.807, 2.05) is 12.2 Å². The van der Waals surface area contributed by atoms with E-state index in [1.165, 1.54) is 19.3 Å². The minimum absolute atomic E-state index is 0.0183. The van der Waals surface area contributed by atoms with Gasteiger partial charge >= 0.3 is 10.4 Å². The second-order valence-corrected chi connectivity index (χ2v) is 4.80. The molecule has 0 unspecified atom stereocenters. The van der Waals surface area contributed by atoms with Gasteiger partial charge in [0.15, 0.2) is 0 Å². The zero-order valence-electron chi connectivity index (χ0n) is 10.3. The van der Waals surface area contributed by atoms with Gasteiger partial charge in [-0.05, 0) is 25.7 Å². The van der Waals surface area contributed by atoms with E-state index < -0.39 is 10.4 Å². The van der Waals surface area contributed by atoms with E-state index >= 15 is 0 Å². The van der Waals surface area contributed by atoms with E-state index in [2.05, 4.69) is 23.3 Å². The average molecular weight is 262 g/mol. The highest BCUT2D eigenvalue weighted by molar-refractivity contribution is 7.80. The average Bonchev–Trinajstić information content (AvgIpc) is 2.24. The Morgan fingerprint density at radius 2 is 1.71 bits per heavy atom. The van der Waals surface area contributed by atoms with Gasteiger partial charge < -0.3 is 0 Å². The summed E-state index contributed by atoms with van der Waals surface area (Å²) in [6.45, 7) is 2.16. The monoisotopic (exact) mass is 262 g/mol. The lowest BCUT2D eigenvalue weighted by Crippen LogP contribution is -2.03. The summed E-state index contributed by atoms with van der Waals surface area (Å²) in [7, 11) is -4.28. The van der Waals surface area contributed by atoms with Crippen LogP contribution < -0.4 is 0 Å². The third-order valence-electron chi connectivity index (χ3n) is 2.10. The smallest absolute Gasteiger partial charge is 0.264 e. The number of unbranched alkanes of at least 4 members (excludes halogenated alkanes) is 3. The van der Waals surface area contributed by atoms with Gasteiger partial charge in [0.2, 0.25) is 0 Å². The standard InChI is InChI=1S/C12H22O4S/c1-2-3-4-5-6-7-8-9-10-11-12-16-17(13,14)15/h6-7,9-10H,2-5,8,11-12H2,1H3,(H,13,14,15)/b7-6-,10-9-. The van der Waals surface area contributed by atoms with Crippen LogP contribution in [0.4, 0.5) is 0 Å². The predicted octanol–water partition coefficient (Wildman–Crippen LogP) is 3.28. The van der Waals surface area contributed by atoms with Crippen LogP contribution in [0, 0.1) is 0 Å². The van der Waals surface area contributed by atoms with Crippen LogP contribution in [0.5, 0.6) is 0 Å². The molecule has 0 aliphatic heterocycles. The Kier molecular flexibility index (Phi) is 10.1. The molecule has 0 aromatic carbocycles. The van der Waals surface area contributed by atoms with Crippen LogP contribution in [0.25, 0.3) is 0 Å². The minimum Gasteiger partial charge on any atom is -0.264 e. The Morgan fingerprint density at radius 3 is 2.29 bits per heavy atom. The molecule has 4 nitrogen and oxygen atoms in total. The van der Waals surface area contributed by atoms with E-state index in [-0.39, 0.29) is 6.61 Å². The molecule has 5 heteroatoms. The van der Waals surface area contributed by atoms with Crippen molar-refractivity contribution >= 4 is 10.4 Å². The summed E-state index contributed by atoms with van der Waals surface area (Å²) in [6, 6.07) is 0. The zero-order valence-corrected chi connectivity index (χ0v) is 11.2. The summed E-state index contributed by atoms with van der Waals surface area (Å²) in [5.41, 5.74) is 0. The largest absolute Gasteiger partial charge is 0.397 e. The SMILES string of the molecule is CCCCC/C=C\C/C=C\CCOS(=O)(=O)O. The van der Waals surface area contributed by atoms with Crippen LogP contribution in [0.15, 0.2) is 24.3 Å². The van der Waals surface area contributed by atoms with Crippen molar-refractivity contribution in [2.75, 3.05) is 6.61 Å². The highest BCUT2D eigenvalue weighted by Gasteiger charge is 2.00. The first-order chi connectivity index (χ1) is 8.06. The van der Waals surface area contributed by atoms with Crippen molar-refractivity contribution in [3.8, 4) is 0 Å². The van der Waals surface area contributed by atoms with E-state index in [0.717, 1.165) is 12.8 Å². The van der Waals surface area contributed by atoms with Gasteiger partial charge in [0.05, 0.1) is 6.61 Å². The molecule has 0 heterocycles. The summed E-state index contributed by atoms with van der Waals surface area (Å²) in [6.07, 6.45) is 14.2. The Morgan fingerprint density at radius 1 is 1.06 bits per heavy atom. The van der Waals surface area contributed by atoms with Gasteiger partial charge in [-0.2, -0.15) is 8.42 Å². The first kappa shape index (κ1) is 16.4. The fourth-order valence-corrected chi connectivity index (χ4v) is 1.55. The topological polar surface area (TPSA) is 63.6 Å². The van der Waals surface area contributed by atoms with Crippen LogP contribution in [0.3, 0.4) is 0 Å². The summed E-state index contributed by atoms with van der Waals surface area (Å²) >= 11 is 0. The van der Waals surface area contributed by atoms with Crippen molar-refractivity contribution in [2.24, 2.45) is 0 Å². The highest BCUT2D eigenvalue weighted by Crippen LogP contribution is 2.00. The van der Waals surface area contributed by atoms with Crippen LogP contribution >= 0.6 is 0 Å². The van der Waals surface area contributed by atoms with Crippen molar-refractivity contribution in [3.63, 3.8) is 0 Å². The maximum absolute atomic E-state index is 10.2. The van der Waals surface area contributed by atoms with Crippen LogP contribution in [-0.4, -0.2) is 19.6 Å². The van der Waals surface area contributed by atoms with Crippen molar-refractivity contribution in [3.05, 3.63) is 24.3 Å². The molecule has 0 aliphatic rings. The predicted molar refractivity (Wildman–Crippen MR) is 69.2 cm³/mol. The molecule has 0 saturated carbocycles. The Labute approximate surface area is 104 Å². The Bertz CT molecular complexity index is 317. The minimum atomic E-state index is -4.28. The maximum Gasteiger partial charge on any atom is 0.397 e. The molecule has 17 heavy (non-hydrogen) atoms.